The van der Waals surface area contributed by atoms with Crippen LogP contribution in [-0.4, -0.2) is 31.4 Å². The van der Waals surface area contributed by atoms with Crippen LogP contribution >= 0.6 is 11.3 Å². The Morgan fingerprint density at radius 1 is 1.03 bits per heavy atom. The highest BCUT2D eigenvalue weighted by molar-refractivity contribution is 7.12. The van der Waals surface area contributed by atoms with E-state index in [0.717, 1.165) is 31.2 Å². The van der Waals surface area contributed by atoms with E-state index in [4.69, 9.17) is 4.74 Å². The van der Waals surface area contributed by atoms with Crippen LogP contribution in [0.2, 0.25) is 0 Å². The summed E-state index contributed by atoms with van der Waals surface area (Å²) in [6.45, 7) is 2.71. The summed E-state index contributed by atoms with van der Waals surface area (Å²) in [5.74, 6) is -0.654. The summed E-state index contributed by atoms with van der Waals surface area (Å²) in [4.78, 5) is 24.0. The van der Waals surface area contributed by atoms with Gasteiger partial charge in [-0.1, -0.05) is 25.0 Å². The summed E-state index contributed by atoms with van der Waals surface area (Å²) < 4.78 is 45.4. The molecule has 1 amide bonds. The molecule has 0 fully saturated rings. The van der Waals surface area contributed by atoms with Gasteiger partial charge in [0.2, 0.25) is 0 Å². The maximum atomic E-state index is 12.2. The molecule has 2 rings (SSSR count). The molecule has 1 aromatic carbocycles. The maximum absolute atomic E-state index is 12.2. The summed E-state index contributed by atoms with van der Waals surface area (Å²) in [5, 5.41) is 4.64. The second kappa shape index (κ2) is 11.6. The molecule has 0 radical (unpaired) electrons. The van der Waals surface area contributed by atoms with Crippen LogP contribution in [0.3, 0.4) is 0 Å². The molecule has 9 heteroatoms. The number of hydrogen-bond acceptors (Lipinski definition) is 5. The zero-order valence-electron chi connectivity index (χ0n) is 16.6. The third-order valence-corrected chi connectivity index (χ3v) is 5.07. The largest absolute Gasteiger partial charge is 0.573 e. The summed E-state index contributed by atoms with van der Waals surface area (Å²) in [5.41, 5.74) is 1.45. The van der Waals surface area contributed by atoms with Crippen LogP contribution in [0, 0.1) is 0 Å². The van der Waals surface area contributed by atoms with E-state index in [2.05, 4.69) is 10.1 Å². The molecule has 0 spiro atoms. The minimum absolute atomic E-state index is 0.179. The second-order valence-corrected chi connectivity index (χ2v) is 7.41. The molecule has 30 heavy (non-hydrogen) atoms. The number of carbonyl (C=O) groups is 2. The lowest BCUT2D eigenvalue weighted by Crippen LogP contribution is -2.23. The van der Waals surface area contributed by atoms with E-state index in [9.17, 15) is 22.8 Å². The van der Waals surface area contributed by atoms with E-state index >= 15 is 0 Å². The molecule has 0 aliphatic heterocycles. The van der Waals surface area contributed by atoms with Crippen LogP contribution in [0.25, 0.3) is 11.1 Å². The van der Waals surface area contributed by atoms with Gasteiger partial charge in [-0.05, 0) is 54.5 Å². The SMILES string of the molecule is CCOC(=O)CCCCCCNC(=O)c1cc(-c2ccc(OC(F)(F)F)cc2)cs1. The van der Waals surface area contributed by atoms with Gasteiger partial charge in [0.05, 0.1) is 11.5 Å². The van der Waals surface area contributed by atoms with Crippen molar-refractivity contribution in [2.45, 2.75) is 45.4 Å². The first-order valence-corrected chi connectivity index (χ1v) is 10.5. The van der Waals surface area contributed by atoms with Gasteiger partial charge < -0.3 is 14.8 Å². The third kappa shape index (κ3) is 8.44. The van der Waals surface area contributed by atoms with E-state index in [-0.39, 0.29) is 17.6 Å². The standard InChI is InChI=1S/C21H24F3NO4S/c1-2-28-19(26)7-5-3-4-6-12-25-20(27)18-13-16(14-30-18)15-8-10-17(11-9-15)29-21(22,23)24/h8-11,13-14H,2-7,12H2,1H3,(H,25,27). The monoisotopic (exact) mass is 443 g/mol. The molecule has 1 heterocycles. The molecule has 164 valence electrons. The van der Waals surface area contributed by atoms with Crippen molar-refractivity contribution in [1.29, 1.82) is 0 Å². The lowest BCUT2D eigenvalue weighted by molar-refractivity contribution is -0.274. The maximum Gasteiger partial charge on any atom is 0.573 e. The van der Waals surface area contributed by atoms with Crippen molar-refractivity contribution < 1.29 is 32.2 Å². The summed E-state index contributed by atoms with van der Waals surface area (Å²) in [6.07, 6.45) is -0.924. The predicted octanol–water partition coefficient (Wildman–Crippen LogP) is 5.56. The number of ether oxygens (including phenoxy) is 2. The third-order valence-electron chi connectivity index (χ3n) is 4.14. The Morgan fingerprint density at radius 3 is 2.40 bits per heavy atom. The number of benzene rings is 1. The number of hydrogen-bond donors (Lipinski definition) is 1. The quantitative estimate of drug-likeness (QED) is 0.365. The van der Waals surface area contributed by atoms with Crippen molar-refractivity contribution in [2.75, 3.05) is 13.2 Å². The van der Waals surface area contributed by atoms with E-state index in [1.165, 1.54) is 35.6 Å². The number of esters is 1. The molecule has 0 aliphatic carbocycles. The number of amides is 1. The van der Waals surface area contributed by atoms with Gasteiger partial charge in [0.25, 0.3) is 5.91 Å². The van der Waals surface area contributed by atoms with Gasteiger partial charge in [0.15, 0.2) is 0 Å². The molecule has 0 saturated heterocycles. The van der Waals surface area contributed by atoms with E-state index in [1.54, 1.807) is 18.4 Å². The first-order chi connectivity index (χ1) is 14.3. The van der Waals surface area contributed by atoms with E-state index < -0.39 is 6.36 Å². The molecule has 0 aliphatic rings. The highest BCUT2D eigenvalue weighted by Crippen LogP contribution is 2.29. The molecule has 5 nitrogen and oxygen atoms in total. The summed E-state index contributed by atoms with van der Waals surface area (Å²) in [6, 6.07) is 7.21. The van der Waals surface area contributed by atoms with Crippen LogP contribution in [0.5, 0.6) is 5.75 Å². The molecular weight excluding hydrogens is 419 g/mol. The van der Waals surface area contributed by atoms with Gasteiger partial charge >= 0.3 is 12.3 Å². The minimum atomic E-state index is -4.73. The molecule has 0 atom stereocenters. The zero-order chi connectivity index (χ0) is 22.0. The van der Waals surface area contributed by atoms with Crippen molar-refractivity contribution in [3.63, 3.8) is 0 Å². The van der Waals surface area contributed by atoms with Gasteiger partial charge in [0.1, 0.15) is 5.75 Å². The topological polar surface area (TPSA) is 64.6 Å². The zero-order valence-corrected chi connectivity index (χ0v) is 17.4. The Morgan fingerprint density at radius 2 is 1.73 bits per heavy atom. The summed E-state index contributed by atoms with van der Waals surface area (Å²) in [7, 11) is 0. The number of rotatable bonds is 11. The van der Waals surface area contributed by atoms with Gasteiger partial charge in [0, 0.05) is 13.0 Å². The molecule has 0 bridgehead atoms. The Labute approximate surface area is 177 Å². The highest BCUT2D eigenvalue weighted by atomic mass is 32.1. The minimum Gasteiger partial charge on any atom is -0.466 e. The average Bonchev–Trinajstić information content (AvgIpc) is 3.17. The van der Waals surface area contributed by atoms with Crippen LogP contribution in [-0.2, 0) is 9.53 Å². The van der Waals surface area contributed by atoms with Gasteiger partial charge in [-0.15, -0.1) is 24.5 Å². The molecule has 1 aromatic heterocycles. The molecule has 0 unspecified atom stereocenters. The van der Waals surface area contributed by atoms with Crippen LogP contribution in [0.15, 0.2) is 35.7 Å². The fourth-order valence-electron chi connectivity index (χ4n) is 2.73. The number of unbranched alkanes of at least 4 members (excludes halogenated alkanes) is 3. The number of thiophene rings is 1. The smallest absolute Gasteiger partial charge is 0.466 e. The highest BCUT2D eigenvalue weighted by Gasteiger charge is 2.30. The normalized spacial score (nSPS) is 11.2. The number of alkyl halides is 3. The van der Waals surface area contributed by atoms with Crippen molar-refractivity contribution in [3.8, 4) is 16.9 Å². The van der Waals surface area contributed by atoms with Crippen molar-refractivity contribution >= 4 is 23.2 Å². The lowest BCUT2D eigenvalue weighted by atomic mass is 10.1. The van der Waals surface area contributed by atoms with E-state index in [1.807, 2.05) is 0 Å². The first kappa shape index (κ1) is 23.7. The predicted molar refractivity (Wildman–Crippen MR) is 108 cm³/mol. The Hall–Kier alpha value is -2.55. The molecule has 0 saturated carbocycles. The fourth-order valence-corrected chi connectivity index (χ4v) is 3.56. The second-order valence-electron chi connectivity index (χ2n) is 6.50. The van der Waals surface area contributed by atoms with Crippen LogP contribution < -0.4 is 10.1 Å². The Kier molecular flexibility index (Phi) is 9.16. The van der Waals surface area contributed by atoms with Crippen molar-refractivity contribution in [1.82, 2.24) is 5.32 Å². The van der Waals surface area contributed by atoms with Gasteiger partial charge in [-0.2, -0.15) is 0 Å². The van der Waals surface area contributed by atoms with Crippen LogP contribution in [0.1, 0.15) is 48.7 Å². The van der Waals surface area contributed by atoms with Gasteiger partial charge in [-0.3, -0.25) is 9.59 Å². The Bertz CT molecular complexity index is 818. The van der Waals surface area contributed by atoms with Gasteiger partial charge in [-0.25, -0.2) is 0 Å². The summed E-state index contributed by atoms with van der Waals surface area (Å²) >= 11 is 1.27. The molecule has 1 N–H and O–H groups in total. The number of nitrogens with one attached hydrogen (secondary N) is 1. The Balaban J connectivity index is 1.72. The number of carbonyl (C=O) groups excluding carboxylic acids is 2. The van der Waals surface area contributed by atoms with Crippen molar-refractivity contribution in [2.24, 2.45) is 0 Å². The first-order valence-electron chi connectivity index (χ1n) is 9.67. The number of halogens is 3. The lowest BCUT2D eigenvalue weighted by Gasteiger charge is -2.08. The van der Waals surface area contributed by atoms with Crippen molar-refractivity contribution in [3.05, 3.63) is 40.6 Å². The average molecular weight is 443 g/mol. The van der Waals surface area contributed by atoms with E-state index in [0.29, 0.717) is 30.0 Å². The molecular formula is C21H24F3NO4S. The molecule has 2 aromatic rings. The fraction of sp³-hybridized carbons (Fsp3) is 0.429. The van der Waals surface area contributed by atoms with Crippen LogP contribution in [0.4, 0.5) is 13.2 Å².